The molecule has 0 aliphatic rings. The van der Waals surface area contributed by atoms with Gasteiger partial charge in [0, 0.05) is 19.3 Å². The zero-order chi connectivity index (χ0) is 14.1. The van der Waals surface area contributed by atoms with Crippen molar-refractivity contribution < 1.29 is 14.2 Å². The van der Waals surface area contributed by atoms with Crippen molar-refractivity contribution in [1.82, 2.24) is 0 Å². The number of methoxy groups -OCH3 is 1. The summed E-state index contributed by atoms with van der Waals surface area (Å²) in [6.45, 7) is 5.81. The van der Waals surface area contributed by atoms with E-state index in [-0.39, 0.29) is 12.1 Å². The zero-order valence-electron chi connectivity index (χ0n) is 12.1. The van der Waals surface area contributed by atoms with Crippen LogP contribution in [0.4, 0.5) is 0 Å². The van der Waals surface area contributed by atoms with Crippen LogP contribution in [-0.4, -0.2) is 33.0 Å². The highest BCUT2D eigenvalue weighted by Crippen LogP contribution is 2.28. The van der Waals surface area contributed by atoms with Crippen LogP contribution in [0.1, 0.15) is 31.9 Å². The molecular weight excluding hydrogens is 242 g/mol. The number of nitrogens with two attached hydrogens (primary N) is 1. The summed E-state index contributed by atoms with van der Waals surface area (Å²) in [7, 11) is 1.66. The molecule has 2 N–H and O–H groups in total. The van der Waals surface area contributed by atoms with Gasteiger partial charge in [-0.25, -0.2) is 0 Å². The van der Waals surface area contributed by atoms with Crippen LogP contribution in [0.3, 0.4) is 0 Å². The molecule has 0 saturated heterocycles. The van der Waals surface area contributed by atoms with E-state index in [0.29, 0.717) is 19.8 Å². The lowest BCUT2D eigenvalue weighted by Crippen LogP contribution is -2.29. The second-order valence-corrected chi connectivity index (χ2v) is 4.31. The smallest absolute Gasteiger partial charge is 0.124 e. The van der Waals surface area contributed by atoms with Gasteiger partial charge in [-0.1, -0.05) is 25.1 Å². The molecule has 4 heteroatoms. The van der Waals surface area contributed by atoms with Crippen LogP contribution in [0.15, 0.2) is 24.3 Å². The van der Waals surface area contributed by atoms with Gasteiger partial charge in [0.25, 0.3) is 0 Å². The normalized spacial score (nSPS) is 14.1. The molecule has 19 heavy (non-hydrogen) atoms. The van der Waals surface area contributed by atoms with Crippen molar-refractivity contribution in [1.29, 1.82) is 0 Å². The third-order valence-corrected chi connectivity index (χ3v) is 3.01. The van der Waals surface area contributed by atoms with Gasteiger partial charge in [-0.3, -0.25) is 0 Å². The van der Waals surface area contributed by atoms with E-state index in [1.165, 1.54) is 0 Å². The molecule has 2 atom stereocenters. The molecule has 0 aliphatic carbocycles. The number of hydrogen-bond donors (Lipinski definition) is 1. The van der Waals surface area contributed by atoms with E-state index in [1.54, 1.807) is 7.11 Å². The molecule has 0 aromatic heterocycles. The Hall–Kier alpha value is -1.10. The predicted molar refractivity (Wildman–Crippen MR) is 76.4 cm³/mol. The summed E-state index contributed by atoms with van der Waals surface area (Å²) in [5.41, 5.74) is 7.29. The fraction of sp³-hybridized carbons (Fsp3) is 0.600. The Labute approximate surface area is 115 Å². The van der Waals surface area contributed by atoms with E-state index in [9.17, 15) is 0 Å². The topological polar surface area (TPSA) is 53.7 Å². The average molecular weight is 267 g/mol. The molecule has 0 fully saturated rings. The molecule has 0 saturated carbocycles. The number of ether oxygens (including phenoxy) is 3. The Morgan fingerprint density at radius 1 is 1.16 bits per heavy atom. The minimum atomic E-state index is -0.177. The van der Waals surface area contributed by atoms with Crippen molar-refractivity contribution in [3.8, 4) is 5.75 Å². The number of hydrogen-bond acceptors (Lipinski definition) is 4. The molecule has 0 amide bonds. The highest BCUT2D eigenvalue weighted by Gasteiger charge is 2.21. The summed E-state index contributed by atoms with van der Waals surface area (Å²) in [6, 6.07) is 7.67. The number of benzene rings is 1. The van der Waals surface area contributed by atoms with Gasteiger partial charge in [0.05, 0.1) is 18.8 Å². The fourth-order valence-corrected chi connectivity index (χ4v) is 2.01. The van der Waals surface area contributed by atoms with Crippen LogP contribution in [0.5, 0.6) is 5.75 Å². The van der Waals surface area contributed by atoms with Gasteiger partial charge < -0.3 is 19.9 Å². The number of para-hydroxylation sites is 1. The first kappa shape index (κ1) is 16.0. The maximum atomic E-state index is 6.30. The maximum absolute atomic E-state index is 6.30. The fourth-order valence-electron chi connectivity index (χ4n) is 2.01. The third kappa shape index (κ3) is 4.82. The molecule has 4 nitrogen and oxygen atoms in total. The molecule has 1 aromatic rings. The van der Waals surface area contributed by atoms with Gasteiger partial charge in [0.2, 0.25) is 0 Å². The Bertz CT molecular complexity index is 357. The summed E-state index contributed by atoms with van der Waals surface area (Å²) < 4.78 is 16.4. The van der Waals surface area contributed by atoms with Crippen molar-refractivity contribution in [2.45, 2.75) is 32.4 Å². The molecule has 0 aliphatic heterocycles. The lowest BCUT2D eigenvalue weighted by Gasteiger charge is -2.24. The predicted octanol–water partition coefficient (Wildman–Crippen LogP) is 2.53. The summed E-state index contributed by atoms with van der Waals surface area (Å²) >= 11 is 0. The van der Waals surface area contributed by atoms with Crippen LogP contribution < -0.4 is 10.5 Å². The van der Waals surface area contributed by atoms with Crippen LogP contribution in [0.25, 0.3) is 0 Å². The van der Waals surface area contributed by atoms with Gasteiger partial charge in [0.1, 0.15) is 12.4 Å². The highest BCUT2D eigenvalue weighted by molar-refractivity contribution is 5.36. The largest absolute Gasteiger partial charge is 0.491 e. The van der Waals surface area contributed by atoms with E-state index in [4.69, 9.17) is 19.9 Å². The van der Waals surface area contributed by atoms with E-state index in [1.807, 2.05) is 31.2 Å². The van der Waals surface area contributed by atoms with Gasteiger partial charge in [-0.05, 0) is 19.4 Å². The molecule has 2 unspecified atom stereocenters. The van der Waals surface area contributed by atoms with Crippen molar-refractivity contribution in [2.24, 2.45) is 5.73 Å². The molecule has 1 rings (SSSR count). The maximum Gasteiger partial charge on any atom is 0.124 e. The molecule has 0 heterocycles. The minimum absolute atomic E-state index is 0.0113. The summed E-state index contributed by atoms with van der Waals surface area (Å²) in [6.07, 6.45) is 0.888. The molecular formula is C15H25NO3. The second kappa shape index (κ2) is 8.91. The summed E-state index contributed by atoms with van der Waals surface area (Å²) in [5.74, 6) is 0.810. The lowest BCUT2D eigenvalue weighted by atomic mass is 9.99. The highest BCUT2D eigenvalue weighted by atomic mass is 16.5. The minimum Gasteiger partial charge on any atom is -0.491 e. The van der Waals surface area contributed by atoms with Crippen LogP contribution in [0.2, 0.25) is 0 Å². The first-order chi connectivity index (χ1) is 9.24. The molecule has 108 valence electrons. The number of rotatable bonds is 9. The van der Waals surface area contributed by atoms with Gasteiger partial charge in [0.15, 0.2) is 0 Å². The Morgan fingerprint density at radius 3 is 2.53 bits per heavy atom. The first-order valence-electron chi connectivity index (χ1n) is 6.82. The third-order valence-electron chi connectivity index (χ3n) is 3.01. The molecule has 0 radical (unpaired) electrons. The van der Waals surface area contributed by atoms with E-state index < -0.39 is 0 Å². The van der Waals surface area contributed by atoms with Crippen molar-refractivity contribution in [2.75, 3.05) is 26.9 Å². The molecule has 1 aromatic carbocycles. The van der Waals surface area contributed by atoms with E-state index >= 15 is 0 Å². The zero-order valence-corrected chi connectivity index (χ0v) is 12.1. The summed E-state index contributed by atoms with van der Waals surface area (Å²) in [5, 5.41) is 0. The standard InChI is InChI=1S/C15H25NO3/c1-4-13(18-5-2)15(16)12-8-6-7-9-14(12)19-11-10-17-3/h6-9,13,15H,4-5,10-11,16H2,1-3H3. The van der Waals surface area contributed by atoms with Crippen LogP contribution >= 0.6 is 0 Å². The molecule has 0 spiro atoms. The average Bonchev–Trinajstić information content (AvgIpc) is 2.45. The van der Waals surface area contributed by atoms with Crippen molar-refractivity contribution in [3.63, 3.8) is 0 Å². The SMILES string of the molecule is CCOC(CC)C(N)c1ccccc1OCCOC. The van der Waals surface area contributed by atoms with Crippen molar-refractivity contribution >= 4 is 0 Å². The lowest BCUT2D eigenvalue weighted by molar-refractivity contribution is 0.0404. The van der Waals surface area contributed by atoms with Gasteiger partial charge >= 0.3 is 0 Å². The second-order valence-electron chi connectivity index (χ2n) is 4.31. The summed E-state index contributed by atoms with van der Waals surface area (Å²) in [4.78, 5) is 0. The Balaban J connectivity index is 2.79. The van der Waals surface area contributed by atoms with Crippen LogP contribution in [-0.2, 0) is 9.47 Å². The van der Waals surface area contributed by atoms with Crippen LogP contribution in [0, 0.1) is 0 Å². The van der Waals surface area contributed by atoms with E-state index in [2.05, 4.69) is 6.92 Å². The monoisotopic (exact) mass is 267 g/mol. The Kier molecular flexibility index (Phi) is 7.48. The van der Waals surface area contributed by atoms with Gasteiger partial charge in [-0.2, -0.15) is 0 Å². The first-order valence-corrected chi connectivity index (χ1v) is 6.82. The Morgan fingerprint density at radius 2 is 1.89 bits per heavy atom. The van der Waals surface area contributed by atoms with E-state index in [0.717, 1.165) is 17.7 Å². The quantitative estimate of drug-likeness (QED) is 0.699. The van der Waals surface area contributed by atoms with Gasteiger partial charge in [-0.15, -0.1) is 0 Å². The van der Waals surface area contributed by atoms with Crippen molar-refractivity contribution in [3.05, 3.63) is 29.8 Å². The molecule has 0 bridgehead atoms.